The van der Waals surface area contributed by atoms with Crippen LogP contribution in [0.4, 0.5) is 23.0 Å². The van der Waals surface area contributed by atoms with Gasteiger partial charge >= 0.3 is 0 Å². The highest BCUT2D eigenvalue weighted by atomic mass is 16.5. The number of rotatable bonds is 11. The van der Waals surface area contributed by atoms with Gasteiger partial charge in [0.25, 0.3) is 0 Å². The fourth-order valence-corrected chi connectivity index (χ4v) is 4.69. The van der Waals surface area contributed by atoms with Gasteiger partial charge in [0.2, 0.25) is 17.8 Å². The van der Waals surface area contributed by atoms with E-state index in [-0.39, 0.29) is 17.7 Å². The average Bonchev–Trinajstić information content (AvgIpc) is 3.76. The molecular weight excluding hydrogens is 518 g/mol. The first-order valence-corrected chi connectivity index (χ1v) is 13.5. The minimum atomic E-state index is -0.321. The van der Waals surface area contributed by atoms with Gasteiger partial charge < -0.3 is 25.2 Å². The van der Waals surface area contributed by atoms with Crippen LogP contribution >= 0.6 is 0 Å². The molecule has 41 heavy (non-hydrogen) atoms. The second-order valence-electron chi connectivity index (χ2n) is 10.4. The largest absolute Gasteiger partial charge is 0.494 e. The van der Waals surface area contributed by atoms with Crippen molar-refractivity contribution in [2.75, 3.05) is 56.9 Å². The van der Waals surface area contributed by atoms with E-state index in [2.05, 4.69) is 32.0 Å². The number of carbonyl (C=O) groups is 2. The molecule has 0 spiro atoms. The van der Waals surface area contributed by atoms with E-state index in [0.717, 1.165) is 48.1 Å². The molecule has 10 nitrogen and oxygen atoms in total. The number of ether oxygens (including phenoxy) is 1. The van der Waals surface area contributed by atoms with E-state index in [1.54, 1.807) is 23.9 Å². The van der Waals surface area contributed by atoms with Gasteiger partial charge in [-0.25, -0.2) is 9.97 Å². The smallest absolute Gasteiger partial charge is 0.247 e. The molecule has 2 aromatic heterocycles. The molecule has 4 aromatic rings. The topological polar surface area (TPSA) is 105 Å². The summed E-state index contributed by atoms with van der Waals surface area (Å²) >= 11 is 0. The highest BCUT2D eigenvalue weighted by Crippen LogP contribution is 2.39. The monoisotopic (exact) mass is 553 g/mol. The summed E-state index contributed by atoms with van der Waals surface area (Å²) in [5.41, 5.74) is 4.37. The van der Waals surface area contributed by atoms with Gasteiger partial charge in [0, 0.05) is 55.5 Å². The normalized spacial score (nSPS) is 12.8. The highest BCUT2D eigenvalue weighted by molar-refractivity contribution is 6.03. The van der Waals surface area contributed by atoms with Crippen molar-refractivity contribution in [2.45, 2.75) is 12.8 Å². The SMILES string of the molecule is C=CC(=O)Nc1cc(Nc2nccc(-c3cn(C(=O)C4CC4)c4ccccc34)n2)c(OC)cc1N(C)CCN(C)C. The number of amides is 1. The maximum atomic E-state index is 13.0. The number of fused-ring (bicyclic) bond motifs is 1. The van der Waals surface area contributed by atoms with Crippen LogP contribution in [-0.4, -0.2) is 72.6 Å². The first-order valence-electron chi connectivity index (χ1n) is 13.5. The summed E-state index contributed by atoms with van der Waals surface area (Å²) in [4.78, 5) is 38.7. The van der Waals surface area contributed by atoms with Gasteiger partial charge in [-0.1, -0.05) is 24.8 Å². The Balaban J connectivity index is 1.50. The standard InChI is InChI=1S/C31H35N7O3/c1-6-29(39)33-24-17-25(28(41-5)18-27(24)37(4)16-15-36(2)3)35-31-32-14-13-23(34-31)22-19-38(30(40)20-11-12-20)26-10-8-7-9-21(22)26/h6-10,13-14,17-20H,1,11-12,15-16H2,2-5H3,(H,33,39)(H,32,34,35). The van der Waals surface area contributed by atoms with Gasteiger partial charge in [0.15, 0.2) is 0 Å². The molecule has 1 aliphatic rings. The fourth-order valence-electron chi connectivity index (χ4n) is 4.69. The molecule has 2 N–H and O–H groups in total. The first-order chi connectivity index (χ1) is 19.8. The lowest BCUT2D eigenvalue weighted by Crippen LogP contribution is -2.29. The van der Waals surface area contributed by atoms with E-state index >= 15 is 0 Å². The van der Waals surface area contributed by atoms with Gasteiger partial charge in [0.1, 0.15) is 5.75 Å². The van der Waals surface area contributed by atoms with E-state index < -0.39 is 0 Å². The molecule has 0 bridgehead atoms. The molecule has 0 aliphatic heterocycles. The third-order valence-corrected chi connectivity index (χ3v) is 7.11. The van der Waals surface area contributed by atoms with Gasteiger partial charge in [-0.05, 0) is 51.2 Å². The molecule has 1 fully saturated rings. The predicted molar refractivity (Wildman–Crippen MR) is 163 cm³/mol. The van der Waals surface area contributed by atoms with Crippen LogP contribution in [0.1, 0.15) is 17.6 Å². The van der Waals surface area contributed by atoms with Crippen molar-refractivity contribution in [3.8, 4) is 17.0 Å². The molecule has 0 unspecified atom stereocenters. The molecule has 2 aromatic carbocycles. The molecule has 10 heteroatoms. The minimum Gasteiger partial charge on any atom is -0.494 e. The van der Waals surface area contributed by atoms with E-state index in [9.17, 15) is 9.59 Å². The number of carbonyl (C=O) groups excluding carboxylic acids is 2. The molecule has 1 saturated carbocycles. The van der Waals surface area contributed by atoms with Crippen molar-refractivity contribution in [3.05, 3.63) is 67.5 Å². The molecule has 2 heterocycles. The van der Waals surface area contributed by atoms with Crippen LogP contribution in [0.2, 0.25) is 0 Å². The summed E-state index contributed by atoms with van der Waals surface area (Å²) in [5, 5.41) is 7.12. The number of likely N-dealkylation sites (N-methyl/N-ethyl adjacent to an activating group) is 2. The number of aromatic nitrogens is 3. The molecule has 1 aliphatic carbocycles. The Morgan fingerprint density at radius 1 is 1.12 bits per heavy atom. The lowest BCUT2D eigenvalue weighted by Gasteiger charge is -2.26. The zero-order chi connectivity index (χ0) is 29.1. The van der Waals surface area contributed by atoms with E-state index in [1.165, 1.54) is 6.08 Å². The summed E-state index contributed by atoms with van der Waals surface area (Å²) in [6.07, 6.45) is 6.65. The zero-order valence-electron chi connectivity index (χ0n) is 23.8. The number of methoxy groups -OCH3 is 1. The summed E-state index contributed by atoms with van der Waals surface area (Å²) in [6.45, 7) is 5.15. The summed E-state index contributed by atoms with van der Waals surface area (Å²) in [6, 6.07) is 13.4. The van der Waals surface area contributed by atoms with Gasteiger partial charge in [-0.3, -0.25) is 14.2 Å². The first kappa shape index (κ1) is 27.9. The minimum absolute atomic E-state index is 0.0921. The van der Waals surface area contributed by atoms with Gasteiger partial charge in [-0.2, -0.15) is 0 Å². The van der Waals surface area contributed by atoms with Crippen LogP contribution in [0.15, 0.2) is 67.5 Å². The molecule has 5 rings (SSSR count). The Labute approximate surface area is 239 Å². The van der Waals surface area contributed by atoms with Crippen LogP contribution in [-0.2, 0) is 4.79 Å². The van der Waals surface area contributed by atoms with Crippen LogP contribution in [0.25, 0.3) is 22.2 Å². The molecule has 212 valence electrons. The van der Waals surface area contributed by atoms with Crippen LogP contribution in [0, 0.1) is 5.92 Å². The summed E-state index contributed by atoms with van der Waals surface area (Å²) in [5.74, 6) is 0.803. The Morgan fingerprint density at radius 3 is 2.61 bits per heavy atom. The molecule has 0 atom stereocenters. The molecule has 1 amide bonds. The number of anilines is 4. The van der Waals surface area contributed by atoms with Crippen LogP contribution < -0.4 is 20.3 Å². The quantitative estimate of drug-likeness (QED) is 0.250. The van der Waals surface area contributed by atoms with E-state index in [0.29, 0.717) is 28.8 Å². The average molecular weight is 554 g/mol. The number of hydrogen-bond acceptors (Lipinski definition) is 8. The summed E-state index contributed by atoms with van der Waals surface area (Å²) in [7, 11) is 7.58. The lowest BCUT2D eigenvalue weighted by molar-refractivity contribution is -0.111. The third kappa shape index (κ3) is 6.07. The number of hydrogen-bond donors (Lipinski definition) is 2. The number of benzene rings is 2. The van der Waals surface area contributed by atoms with E-state index in [1.807, 2.05) is 63.7 Å². The maximum Gasteiger partial charge on any atom is 0.247 e. The third-order valence-electron chi connectivity index (χ3n) is 7.11. The predicted octanol–water partition coefficient (Wildman–Crippen LogP) is 5.02. The number of para-hydroxylation sites is 1. The Bertz CT molecular complexity index is 1610. The maximum absolute atomic E-state index is 13.0. The lowest BCUT2D eigenvalue weighted by atomic mass is 10.1. The van der Waals surface area contributed by atoms with Crippen molar-refractivity contribution in [1.82, 2.24) is 19.4 Å². The Kier molecular flexibility index (Phi) is 8.02. The van der Waals surface area contributed by atoms with Crippen molar-refractivity contribution >= 4 is 45.7 Å². The highest BCUT2D eigenvalue weighted by Gasteiger charge is 2.32. The second kappa shape index (κ2) is 11.8. The van der Waals surface area contributed by atoms with Gasteiger partial charge in [-0.15, -0.1) is 0 Å². The van der Waals surface area contributed by atoms with Crippen LogP contribution in [0.3, 0.4) is 0 Å². The molecular formula is C31H35N7O3. The zero-order valence-corrected chi connectivity index (χ0v) is 23.8. The molecule has 0 saturated heterocycles. The van der Waals surface area contributed by atoms with Gasteiger partial charge in [0.05, 0.1) is 35.4 Å². The van der Waals surface area contributed by atoms with E-state index in [4.69, 9.17) is 9.72 Å². The van der Waals surface area contributed by atoms with Crippen molar-refractivity contribution in [3.63, 3.8) is 0 Å². The number of nitrogens with one attached hydrogen (secondary N) is 2. The van der Waals surface area contributed by atoms with Crippen molar-refractivity contribution in [2.24, 2.45) is 5.92 Å². The fraction of sp³-hybridized carbons (Fsp3) is 0.290. The van der Waals surface area contributed by atoms with Crippen molar-refractivity contribution < 1.29 is 14.3 Å². The second-order valence-corrected chi connectivity index (χ2v) is 10.4. The number of nitrogens with zero attached hydrogens (tertiary/aromatic N) is 5. The van der Waals surface area contributed by atoms with Crippen molar-refractivity contribution in [1.29, 1.82) is 0 Å². The molecule has 0 radical (unpaired) electrons. The van der Waals surface area contributed by atoms with Crippen LogP contribution in [0.5, 0.6) is 5.75 Å². The Morgan fingerprint density at radius 2 is 1.90 bits per heavy atom. The summed E-state index contributed by atoms with van der Waals surface area (Å²) < 4.78 is 7.47. The Hall–Kier alpha value is -4.70.